The molecule has 1 heterocycles. The van der Waals surface area contributed by atoms with Crippen LogP contribution in [0.1, 0.15) is 5.69 Å². The topological polar surface area (TPSA) is 45.2 Å². The highest BCUT2D eigenvalue weighted by atomic mass is 19.1. The predicted octanol–water partition coefficient (Wildman–Crippen LogP) is 2.29. The highest BCUT2D eigenvalue weighted by Gasteiger charge is 2.08. The molecule has 4 nitrogen and oxygen atoms in total. The Labute approximate surface area is 117 Å². The summed E-state index contributed by atoms with van der Waals surface area (Å²) in [4.78, 5) is 17.9. The number of rotatable bonds is 5. The molecule has 0 atom stereocenters. The van der Waals surface area contributed by atoms with Crippen molar-refractivity contribution in [2.45, 2.75) is 6.54 Å². The SMILES string of the molecule is CN(CC(=O)Nc1ccc(F)cc1)Cc1ccccn1. The molecule has 104 valence electrons. The minimum absolute atomic E-state index is 0.143. The minimum Gasteiger partial charge on any atom is -0.325 e. The number of hydrogen-bond acceptors (Lipinski definition) is 3. The molecular weight excluding hydrogens is 257 g/mol. The molecule has 2 rings (SSSR count). The summed E-state index contributed by atoms with van der Waals surface area (Å²) in [6.07, 6.45) is 1.72. The summed E-state index contributed by atoms with van der Waals surface area (Å²) < 4.78 is 12.7. The van der Waals surface area contributed by atoms with Gasteiger partial charge in [0, 0.05) is 18.4 Å². The van der Waals surface area contributed by atoms with Gasteiger partial charge in [0.1, 0.15) is 5.82 Å². The van der Waals surface area contributed by atoms with E-state index in [0.717, 1.165) is 5.69 Å². The zero-order chi connectivity index (χ0) is 14.4. The van der Waals surface area contributed by atoms with Crippen molar-refractivity contribution in [1.29, 1.82) is 0 Å². The Kier molecular flexibility index (Phi) is 4.79. The maximum absolute atomic E-state index is 12.7. The van der Waals surface area contributed by atoms with Crippen LogP contribution in [0.15, 0.2) is 48.7 Å². The number of amides is 1. The summed E-state index contributed by atoms with van der Waals surface area (Å²) in [6, 6.07) is 11.4. The van der Waals surface area contributed by atoms with Crippen molar-refractivity contribution in [3.8, 4) is 0 Å². The lowest BCUT2D eigenvalue weighted by atomic mass is 10.3. The van der Waals surface area contributed by atoms with E-state index in [0.29, 0.717) is 12.2 Å². The first-order valence-corrected chi connectivity index (χ1v) is 6.27. The number of nitrogens with zero attached hydrogens (tertiary/aromatic N) is 2. The number of hydrogen-bond donors (Lipinski definition) is 1. The summed E-state index contributed by atoms with van der Waals surface area (Å²) in [5.41, 5.74) is 1.49. The molecule has 0 radical (unpaired) electrons. The van der Waals surface area contributed by atoms with Gasteiger partial charge < -0.3 is 5.32 Å². The summed E-state index contributed by atoms with van der Waals surface area (Å²) in [5.74, 6) is -0.467. The van der Waals surface area contributed by atoms with E-state index in [9.17, 15) is 9.18 Å². The number of nitrogens with one attached hydrogen (secondary N) is 1. The van der Waals surface area contributed by atoms with Gasteiger partial charge in [-0.1, -0.05) is 6.07 Å². The molecule has 20 heavy (non-hydrogen) atoms. The lowest BCUT2D eigenvalue weighted by Crippen LogP contribution is -2.30. The van der Waals surface area contributed by atoms with Gasteiger partial charge in [-0.2, -0.15) is 0 Å². The molecule has 0 saturated carbocycles. The second-order valence-electron chi connectivity index (χ2n) is 4.55. The van der Waals surface area contributed by atoms with E-state index in [1.54, 1.807) is 6.20 Å². The van der Waals surface area contributed by atoms with Gasteiger partial charge in [-0.15, -0.1) is 0 Å². The predicted molar refractivity (Wildman–Crippen MR) is 75.6 cm³/mol. The van der Waals surface area contributed by atoms with Gasteiger partial charge in [0.2, 0.25) is 5.91 Å². The highest BCUT2D eigenvalue weighted by Crippen LogP contribution is 2.08. The molecule has 0 spiro atoms. The molecule has 2 aromatic rings. The van der Waals surface area contributed by atoms with Gasteiger partial charge in [0.15, 0.2) is 0 Å². The fourth-order valence-corrected chi connectivity index (χ4v) is 1.80. The summed E-state index contributed by atoms with van der Waals surface area (Å²) >= 11 is 0. The zero-order valence-electron chi connectivity index (χ0n) is 11.2. The Morgan fingerprint density at radius 1 is 1.25 bits per heavy atom. The van der Waals surface area contributed by atoms with Gasteiger partial charge in [-0.25, -0.2) is 4.39 Å². The van der Waals surface area contributed by atoms with Crippen molar-refractivity contribution < 1.29 is 9.18 Å². The van der Waals surface area contributed by atoms with E-state index in [1.807, 2.05) is 30.1 Å². The number of aromatic nitrogens is 1. The van der Waals surface area contributed by atoms with Crippen molar-refractivity contribution >= 4 is 11.6 Å². The third kappa shape index (κ3) is 4.44. The highest BCUT2D eigenvalue weighted by molar-refractivity contribution is 5.92. The monoisotopic (exact) mass is 273 g/mol. The van der Waals surface area contributed by atoms with E-state index in [1.165, 1.54) is 24.3 Å². The quantitative estimate of drug-likeness (QED) is 0.909. The molecule has 5 heteroatoms. The van der Waals surface area contributed by atoms with Crippen LogP contribution in [0.4, 0.5) is 10.1 Å². The molecule has 0 aliphatic rings. The minimum atomic E-state index is -0.324. The molecule has 0 aliphatic heterocycles. The first-order chi connectivity index (χ1) is 9.63. The molecule has 0 bridgehead atoms. The van der Waals surface area contributed by atoms with E-state index in [2.05, 4.69) is 10.3 Å². The normalized spacial score (nSPS) is 10.6. The molecular formula is C15H16FN3O. The number of carbonyl (C=O) groups excluding carboxylic acids is 1. The lowest BCUT2D eigenvalue weighted by Gasteiger charge is -2.15. The van der Waals surface area contributed by atoms with E-state index in [-0.39, 0.29) is 18.3 Å². The lowest BCUT2D eigenvalue weighted by molar-refractivity contribution is -0.117. The largest absolute Gasteiger partial charge is 0.325 e. The van der Waals surface area contributed by atoms with Crippen LogP contribution in [0.5, 0.6) is 0 Å². The Morgan fingerprint density at radius 3 is 2.65 bits per heavy atom. The standard InChI is InChI=1S/C15H16FN3O/c1-19(10-14-4-2-3-9-17-14)11-15(20)18-13-7-5-12(16)6-8-13/h2-9H,10-11H2,1H3,(H,18,20). The van der Waals surface area contributed by atoms with Gasteiger partial charge in [0.25, 0.3) is 0 Å². The van der Waals surface area contributed by atoms with Gasteiger partial charge in [-0.05, 0) is 43.4 Å². The van der Waals surface area contributed by atoms with Crippen molar-refractivity contribution in [3.05, 3.63) is 60.2 Å². The molecule has 1 amide bonds. The fraction of sp³-hybridized carbons (Fsp3) is 0.200. The number of benzene rings is 1. The number of anilines is 1. The molecule has 0 unspecified atom stereocenters. The number of pyridine rings is 1. The van der Waals surface area contributed by atoms with Crippen LogP contribution >= 0.6 is 0 Å². The van der Waals surface area contributed by atoms with Crippen LogP contribution in [0, 0.1) is 5.82 Å². The first kappa shape index (κ1) is 14.1. The fourth-order valence-electron chi connectivity index (χ4n) is 1.80. The van der Waals surface area contributed by atoms with Crippen LogP contribution in [0.3, 0.4) is 0 Å². The van der Waals surface area contributed by atoms with Gasteiger partial charge in [0.05, 0.1) is 12.2 Å². The van der Waals surface area contributed by atoms with Crippen LogP contribution in [0.2, 0.25) is 0 Å². The Hall–Kier alpha value is -2.27. The number of likely N-dealkylation sites (N-methyl/N-ethyl adjacent to an activating group) is 1. The van der Waals surface area contributed by atoms with Crippen LogP contribution in [-0.4, -0.2) is 29.4 Å². The Bertz CT molecular complexity index is 557. The van der Waals surface area contributed by atoms with Crippen LogP contribution in [-0.2, 0) is 11.3 Å². The molecule has 1 aromatic heterocycles. The average molecular weight is 273 g/mol. The van der Waals surface area contributed by atoms with Gasteiger partial charge >= 0.3 is 0 Å². The summed E-state index contributed by atoms with van der Waals surface area (Å²) in [6.45, 7) is 0.839. The maximum atomic E-state index is 12.7. The second-order valence-corrected chi connectivity index (χ2v) is 4.55. The summed E-state index contributed by atoms with van der Waals surface area (Å²) in [5, 5.41) is 2.72. The van der Waals surface area contributed by atoms with Crippen LogP contribution < -0.4 is 5.32 Å². The number of halogens is 1. The van der Waals surface area contributed by atoms with Crippen LogP contribution in [0.25, 0.3) is 0 Å². The molecule has 0 aliphatic carbocycles. The van der Waals surface area contributed by atoms with Crippen molar-refractivity contribution in [1.82, 2.24) is 9.88 Å². The van der Waals surface area contributed by atoms with E-state index >= 15 is 0 Å². The second kappa shape index (κ2) is 6.77. The molecule has 0 fully saturated rings. The maximum Gasteiger partial charge on any atom is 0.238 e. The Morgan fingerprint density at radius 2 is 2.00 bits per heavy atom. The molecule has 1 N–H and O–H groups in total. The van der Waals surface area contributed by atoms with E-state index < -0.39 is 0 Å². The van der Waals surface area contributed by atoms with Crippen molar-refractivity contribution in [3.63, 3.8) is 0 Å². The first-order valence-electron chi connectivity index (χ1n) is 6.27. The van der Waals surface area contributed by atoms with Crippen molar-refractivity contribution in [2.24, 2.45) is 0 Å². The molecule has 1 aromatic carbocycles. The third-order valence-corrected chi connectivity index (χ3v) is 2.70. The zero-order valence-corrected chi connectivity index (χ0v) is 11.2. The van der Waals surface area contributed by atoms with Crippen molar-refractivity contribution in [2.75, 3.05) is 18.9 Å². The van der Waals surface area contributed by atoms with E-state index in [4.69, 9.17) is 0 Å². The van der Waals surface area contributed by atoms with Gasteiger partial charge in [-0.3, -0.25) is 14.7 Å². The average Bonchev–Trinajstić information content (AvgIpc) is 2.42. The number of carbonyl (C=O) groups is 1. The summed E-state index contributed by atoms with van der Waals surface area (Å²) in [7, 11) is 1.85. The third-order valence-electron chi connectivity index (χ3n) is 2.70. The Balaban J connectivity index is 1.83. The molecule has 0 saturated heterocycles. The smallest absolute Gasteiger partial charge is 0.238 e.